The van der Waals surface area contributed by atoms with E-state index >= 15 is 0 Å². The SMILES string of the molecule is Nc1cccc(F)c1NC(=O)c1ccc2c(c1)OCCO2. The van der Waals surface area contributed by atoms with E-state index in [0.717, 1.165) is 0 Å². The van der Waals surface area contributed by atoms with Crippen molar-refractivity contribution in [3.8, 4) is 11.5 Å². The van der Waals surface area contributed by atoms with Gasteiger partial charge in [-0.05, 0) is 30.3 Å². The van der Waals surface area contributed by atoms with Gasteiger partial charge in [0, 0.05) is 5.56 Å². The molecule has 0 saturated carbocycles. The Morgan fingerprint density at radius 2 is 1.90 bits per heavy atom. The molecule has 6 heteroatoms. The van der Waals surface area contributed by atoms with Gasteiger partial charge in [-0.1, -0.05) is 6.07 Å². The molecule has 21 heavy (non-hydrogen) atoms. The van der Waals surface area contributed by atoms with E-state index in [1.165, 1.54) is 18.2 Å². The Kier molecular flexibility index (Phi) is 3.35. The lowest BCUT2D eigenvalue weighted by atomic mass is 10.1. The number of fused-ring (bicyclic) bond motifs is 1. The number of rotatable bonds is 2. The van der Waals surface area contributed by atoms with Gasteiger partial charge < -0.3 is 20.5 Å². The molecule has 1 heterocycles. The number of halogens is 1. The monoisotopic (exact) mass is 288 g/mol. The fraction of sp³-hybridized carbons (Fsp3) is 0.133. The molecule has 2 aromatic rings. The van der Waals surface area contributed by atoms with Gasteiger partial charge in [0.25, 0.3) is 5.91 Å². The highest BCUT2D eigenvalue weighted by atomic mass is 19.1. The van der Waals surface area contributed by atoms with Crippen molar-refractivity contribution in [2.75, 3.05) is 24.3 Å². The van der Waals surface area contributed by atoms with Crippen LogP contribution in [-0.2, 0) is 0 Å². The number of carbonyl (C=O) groups is 1. The van der Waals surface area contributed by atoms with Crippen LogP contribution in [0.3, 0.4) is 0 Å². The second-order valence-electron chi connectivity index (χ2n) is 4.52. The van der Waals surface area contributed by atoms with Crippen LogP contribution >= 0.6 is 0 Å². The minimum atomic E-state index is -0.583. The van der Waals surface area contributed by atoms with Crippen molar-refractivity contribution in [2.24, 2.45) is 0 Å². The third kappa shape index (κ3) is 2.60. The van der Waals surface area contributed by atoms with E-state index in [0.29, 0.717) is 30.3 Å². The number of nitrogen functional groups attached to an aromatic ring is 1. The molecule has 2 aromatic carbocycles. The van der Waals surface area contributed by atoms with Gasteiger partial charge in [-0.2, -0.15) is 0 Å². The van der Waals surface area contributed by atoms with Crippen LogP contribution in [-0.4, -0.2) is 19.1 Å². The predicted octanol–water partition coefficient (Wildman–Crippen LogP) is 2.43. The first kappa shape index (κ1) is 13.2. The van der Waals surface area contributed by atoms with Gasteiger partial charge >= 0.3 is 0 Å². The Bertz CT molecular complexity index is 683. The Morgan fingerprint density at radius 1 is 1.14 bits per heavy atom. The third-order valence-corrected chi connectivity index (χ3v) is 3.09. The first-order valence-corrected chi connectivity index (χ1v) is 6.40. The minimum Gasteiger partial charge on any atom is -0.486 e. The number of amides is 1. The lowest BCUT2D eigenvalue weighted by molar-refractivity contribution is 0.102. The summed E-state index contributed by atoms with van der Waals surface area (Å²) in [5.41, 5.74) is 6.13. The summed E-state index contributed by atoms with van der Waals surface area (Å²) in [4.78, 5) is 12.2. The highest BCUT2D eigenvalue weighted by Gasteiger charge is 2.16. The Morgan fingerprint density at radius 3 is 2.67 bits per heavy atom. The maximum Gasteiger partial charge on any atom is 0.255 e. The summed E-state index contributed by atoms with van der Waals surface area (Å²) in [5, 5.41) is 2.47. The standard InChI is InChI=1S/C15H13FN2O3/c16-10-2-1-3-11(17)14(10)18-15(19)9-4-5-12-13(8-9)21-7-6-20-12/h1-5,8H,6-7,17H2,(H,18,19). The fourth-order valence-corrected chi connectivity index (χ4v) is 2.04. The number of ether oxygens (including phenoxy) is 2. The molecule has 0 saturated heterocycles. The van der Waals surface area contributed by atoms with Crippen molar-refractivity contribution in [3.63, 3.8) is 0 Å². The summed E-state index contributed by atoms with van der Waals surface area (Å²) in [6, 6.07) is 9.01. The first-order chi connectivity index (χ1) is 10.1. The van der Waals surface area contributed by atoms with Crippen LogP contribution in [0.2, 0.25) is 0 Å². The van der Waals surface area contributed by atoms with Gasteiger partial charge in [0.05, 0.1) is 5.69 Å². The van der Waals surface area contributed by atoms with Crippen molar-refractivity contribution in [1.82, 2.24) is 0 Å². The quantitative estimate of drug-likeness (QED) is 0.832. The van der Waals surface area contributed by atoms with Crippen molar-refractivity contribution >= 4 is 17.3 Å². The molecule has 108 valence electrons. The molecule has 3 N–H and O–H groups in total. The molecular formula is C15H13FN2O3. The highest BCUT2D eigenvalue weighted by molar-refractivity contribution is 6.06. The van der Waals surface area contributed by atoms with Crippen LogP contribution in [0.1, 0.15) is 10.4 Å². The van der Waals surface area contributed by atoms with Gasteiger partial charge in [-0.15, -0.1) is 0 Å². The Balaban J connectivity index is 1.86. The molecule has 0 aliphatic carbocycles. The summed E-state index contributed by atoms with van der Waals surface area (Å²) in [6.07, 6.45) is 0. The third-order valence-electron chi connectivity index (χ3n) is 3.09. The van der Waals surface area contributed by atoms with Crippen LogP contribution in [0.4, 0.5) is 15.8 Å². The molecule has 1 aliphatic rings. The number of nitrogens with two attached hydrogens (primary N) is 1. The second-order valence-corrected chi connectivity index (χ2v) is 4.52. The average Bonchev–Trinajstić information content (AvgIpc) is 2.50. The van der Waals surface area contributed by atoms with Crippen LogP contribution in [0, 0.1) is 5.82 Å². The predicted molar refractivity (Wildman–Crippen MR) is 76.2 cm³/mol. The Hall–Kier alpha value is -2.76. The van der Waals surface area contributed by atoms with Crippen molar-refractivity contribution < 1.29 is 18.7 Å². The van der Waals surface area contributed by atoms with Gasteiger partial charge in [0.15, 0.2) is 11.5 Å². The number of nitrogens with one attached hydrogen (secondary N) is 1. The number of carbonyl (C=O) groups excluding carboxylic acids is 1. The van der Waals surface area contributed by atoms with E-state index in [1.807, 2.05) is 0 Å². The largest absolute Gasteiger partial charge is 0.486 e. The lowest BCUT2D eigenvalue weighted by Crippen LogP contribution is -2.18. The maximum atomic E-state index is 13.7. The van der Waals surface area contributed by atoms with Crippen LogP contribution < -0.4 is 20.5 Å². The van der Waals surface area contributed by atoms with Crippen molar-refractivity contribution in [3.05, 3.63) is 47.8 Å². The van der Waals surface area contributed by atoms with Gasteiger partial charge in [-0.25, -0.2) is 4.39 Å². The molecule has 5 nitrogen and oxygen atoms in total. The zero-order valence-electron chi connectivity index (χ0n) is 11.1. The van der Waals surface area contributed by atoms with Crippen LogP contribution in [0.25, 0.3) is 0 Å². The summed E-state index contributed by atoms with van der Waals surface area (Å²) >= 11 is 0. The molecule has 0 unspecified atom stereocenters. The zero-order valence-corrected chi connectivity index (χ0v) is 11.1. The lowest BCUT2D eigenvalue weighted by Gasteiger charge is -2.18. The van der Waals surface area contributed by atoms with E-state index in [9.17, 15) is 9.18 Å². The summed E-state index contributed by atoms with van der Waals surface area (Å²) in [6.45, 7) is 0.905. The molecule has 1 amide bonds. The van der Waals surface area contributed by atoms with Crippen molar-refractivity contribution in [1.29, 1.82) is 0 Å². The van der Waals surface area contributed by atoms with Gasteiger partial charge in [0.2, 0.25) is 0 Å². The fourth-order valence-electron chi connectivity index (χ4n) is 2.04. The van der Waals surface area contributed by atoms with E-state index in [-0.39, 0.29) is 11.4 Å². The number of anilines is 2. The molecule has 0 bridgehead atoms. The second kappa shape index (κ2) is 5.32. The molecule has 0 spiro atoms. The van der Waals surface area contributed by atoms with Gasteiger partial charge in [-0.3, -0.25) is 4.79 Å². The minimum absolute atomic E-state index is 0.0302. The topological polar surface area (TPSA) is 73.6 Å². The molecule has 1 aliphatic heterocycles. The molecule has 0 fully saturated rings. The number of para-hydroxylation sites is 1. The molecule has 3 rings (SSSR count). The van der Waals surface area contributed by atoms with E-state index in [2.05, 4.69) is 5.32 Å². The van der Waals surface area contributed by atoms with E-state index < -0.39 is 11.7 Å². The highest BCUT2D eigenvalue weighted by Crippen LogP contribution is 2.31. The number of hydrogen-bond donors (Lipinski definition) is 2. The normalized spacial score (nSPS) is 12.8. The Labute approximate surface area is 120 Å². The van der Waals surface area contributed by atoms with Crippen molar-refractivity contribution in [2.45, 2.75) is 0 Å². The maximum absolute atomic E-state index is 13.7. The number of benzene rings is 2. The number of hydrogen-bond acceptors (Lipinski definition) is 4. The molecule has 0 aromatic heterocycles. The summed E-state index contributed by atoms with van der Waals surface area (Å²) in [7, 11) is 0. The smallest absolute Gasteiger partial charge is 0.255 e. The molecular weight excluding hydrogens is 275 g/mol. The zero-order chi connectivity index (χ0) is 14.8. The van der Waals surface area contributed by atoms with Gasteiger partial charge in [0.1, 0.15) is 24.7 Å². The molecule has 0 atom stereocenters. The summed E-state index contributed by atoms with van der Waals surface area (Å²) in [5.74, 6) is 0.0308. The van der Waals surface area contributed by atoms with Crippen LogP contribution in [0.5, 0.6) is 11.5 Å². The van der Waals surface area contributed by atoms with E-state index in [1.54, 1.807) is 18.2 Å². The van der Waals surface area contributed by atoms with Crippen LogP contribution in [0.15, 0.2) is 36.4 Å². The van der Waals surface area contributed by atoms with E-state index in [4.69, 9.17) is 15.2 Å². The average molecular weight is 288 g/mol. The summed E-state index contributed by atoms with van der Waals surface area (Å²) < 4.78 is 24.4. The first-order valence-electron chi connectivity index (χ1n) is 6.40. The molecule has 0 radical (unpaired) electrons.